The predicted molar refractivity (Wildman–Crippen MR) is 139 cm³/mol. The van der Waals surface area contributed by atoms with Crippen molar-refractivity contribution in [1.29, 1.82) is 0 Å². The number of ether oxygens (including phenoxy) is 3. The van der Waals surface area contributed by atoms with E-state index in [4.69, 9.17) is 26.4 Å². The Morgan fingerprint density at radius 2 is 1.80 bits per heavy atom. The van der Waals surface area contributed by atoms with Crippen molar-refractivity contribution < 1.29 is 23.8 Å². The molecule has 3 N–H and O–H groups in total. The summed E-state index contributed by atoms with van der Waals surface area (Å²) in [6.07, 6.45) is 2.26. The van der Waals surface area contributed by atoms with E-state index in [0.29, 0.717) is 29.5 Å². The molecule has 8 nitrogen and oxygen atoms in total. The zero-order valence-electron chi connectivity index (χ0n) is 20.6. The molecule has 1 aromatic heterocycles. The summed E-state index contributed by atoms with van der Waals surface area (Å²) in [6, 6.07) is 12.7. The van der Waals surface area contributed by atoms with Crippen molar-refractivity contribution in [3.63, 3.8) is 0 Å². The first kappa shape index (κ1) is 26.0. The van der Waals surface area contributed by atoms with Gasteiger partial charge in [0.1, 0.15) is 17.1 Å². The Kier molecular flexibility index (Phi) is 8.34. The van der Waals surface area contributed by atoms with E-state index in [1.165, 1.54) is 0 Å². The van der Waals surface area contributed by atoms with Crippen LogP contribution in [0.15, 0.2) is 48.7 Å². The minimum atomic E-state index is -0.957. The molecule has 0 aliphatic heterocycles. The van der Waals surface area contributed by atoms with Gasteiger partial charge in [0.15, 0.2) is 0 Å². The van der Waals surface area contributed by atoms with Gasteiger partial charge in [0.05, 0.1) is 25.2 Å². The van der Waals surface area contributed by atoms with Crippen molar-refractivity contribution in [3.05, 3.63) is 59.8 Å². The van der Waals surface area contributed by atoms with E-state index in [9.17, 15) is 9.59 Å². The van der Waals surface area contributed by atoms with E-state index in [-0.39, 0.29) is 0 Å². The van der Waals surface area contributed by atoms with Gasteiger partial charge in [-0.3, -0.25) is 4.79 Å². The van der Waals surface area contributed by atoms with Crippen LogP contribution in [0.3, 0.4) is 0 Å². The van der Waals surface area contributed by atoms with Crippen LogP contribution in [0.4, 0.5) is 0 Å². The molecule has 0 spiro atoms. The van der Waals surface area contributed by atoms with E-state index in [0.717, 1.165) is 22.0 Å². The van der Waals surface area contributed by atoms with Gasteiger partial charge < -0.3 is 29.8 Å². The summed E-state index contributed by atoms with van der Waals surface area (Å²) in [5.41, 5.74) is 2.01. The molecule has 1 atom stereocenters. The van der Waals surface area contributed by atoms with Crippen molar-refractivity contribution in [2.75, 3.05) is 14.2 Å². The number of fused-ring (bicyclic) bond motifs is 1. The molecule has 2 aromatic carbocycles. The van der Waals surface area contributed by atoms with Gasteiger partial charge in [-0.15, -0.1) is 0 Å². The lowest BCUT2D eigenvalue weighted by atomic mass is 10.0. The zero-order chi connectivity index (χ0) is 25.6. The summed E-state index contributed by atoms with van der Waals surface area (Å²) in [5.74, 6) is -0.488. The highest BCUT2D eigenvalue weighted by atomic mass is 32.1. The predicted octanol–water partition coefficient (Wildman–Crippen LogP) is 3.67. The van der Waals surface area contributed by atoms with Crippen LogP contribution in [0.1, 0.15) is 31.9 Å². The maximum atomic E-state index is 12.7. The Bertz CT molecular complexity index is 1220. The fourth-order valence-electron chi connectivity index (χ4n) is 3.57. The smallest absolute Gasteiger partial charge is 0.397 e. The maximum Gasteiger partial charge on any atom is 0.397 e. The zero-order valence-corrected chi connectivity index (χ0v) is 21.4. The van der Waals surface area contributed by atoms with Gasteiger partial charge in [-0.25, -0.2) is 4.79 Å². The molecule has 0 bridgehead atoms. The lowest BCUT2D eigenvalue weighted by molar-refractivity contribution is -0.163. The van der Waals surface area contributed by atoms with Gasteiger partial charge >= 0.3 is 11.9 Å². The van der Waals surface area contributed by atoms with Gasteiger partial charge in [-0.2, -0.15) is 0 Å². The van der Waals surface area contributed by atoms with Gasteiger partial charge in [-0.1, -0.05) is 30.4 Å². The number of hydrogen-bond acceptors (Lipinski definition) is 6. The Balaban J connectivity index is 1.79. The van der Waals surface area contributed by atoms with E-state index in [1.807, 2.05) is 42.6 Å². The quantitative estimate of drug-likeness (QED) is 0.248. The van der Waals surface area contributed by atoms with Gasteiger partial charge in [-0.05, 0) is 44.5 Å². The fraction of sp³-hybridized carbons (Fsp3) is 0.346. The lowest BCUT2D eigenvalue weighted by Gasteiger charge is -2.23. The fourth-order valence-corrected chi connectivity index (χ4v) is 3.79. The number of nitrogens with one attached hydrogen (secondary N) is 3. The third kappa shape index (κ3) is 6.95. The van der Waals surface area contributed by atoms with Crippen molar-refractivity contribution in [2.45, 2.75) is 45.4 Å². The van der Waals surface area contributed by atoms with E-state index in [1.54, 1.807) is 41.1 Å². The van der Waals surface area contributed by atoms with E-state index >= 15 is 0 Å². The molecule has 0 unspecified atom stereocenters. The number of benzene rings is 2. The van der Waals surface area contributed by atoms with Crippen molar-refractivity contribution >= 4 is 40.0 Å². The number of carbonyl (C=O) groups excluding carboxylic acids is 2. The highest BCUT2D eigenvalue weighted by Crippen LogP contribution is 2.25. The Hall–Kier alpha value is -3.59. The summed E-state index contributed by atoms with van der Waals surface area (Å²) in [6.45, 7) is 5.47. The van der Waals surface area contributed by atoms with Crippen LogP contribution in [-0.2, 0) is 27.3 Å². The molecule has 186 valence electrons. The van der Waals surface area contributed by atoms with Crippen LogP contribution in [0.25, 0.3) is 10.9 Å². The minimum absolute atomic E-state index is 0.360. The number of aromatic amines is 1. The molecular formula is C26H31N3O5S. The highest BCUT2D eigenvalue weighted by Gasteiger charge is 2.27. The number of rotatable bonds is 8. The number of para-hydroxylation sites is 1. The maximum absolute atomic E-state index is 12.7. The number of hydrogen-bond donors (Lipinski definition) is 3. The first-order valence-electron chi connectivity index (χ1n) is 11.2. The Morgan fingerprint density at radius 1 is 1.06 bits per heavy atom. The molecule has 9 heteroatoms. The largest absolute Gasteiger partial charge is 0.497 e. The Morgan fingerprint density at radius 3 is 2.49 bits per heavy atom. The number of esters is 1. The van der Waals surface area contributed by atoms with E-state index < -0.39 is 23.5 Å². The normalized spacial score (nSPS) is 12.0. The van der Waals surface area contributed by atoms with Crippen molar-refractivity contribution in [1.82, 2.24) is 15.6 Å². The number of thiocarbonyl (C=S) groups is 1. The number of H-pyrrole nitrogens is 1. The molecule has 3 aromatic rings. The van der Waals surface area contributed by atoms with Gasteiger partial charge in [0, 0.05) is 41.7 Å². The molecule has 0 aliphatic carbocycles. The standard InChI is InChI=1S/C26H31N3O5S/c1-26(2,3)34-25(31)23(30)29-21(12-17-15-27-20-9-7-6-8-19(17)20)24(35)28-14-16-10-11-18(32-4)13-22(16)33-5/h6-11,13,15,21,27H,12,14H2,1-5H3,(H,28,35)(H,29,30)/t21-/m0/s1. The number of amides is 1. The lowest BCUT2D eigenvalue weighted by Crippen LogP contribution is -2.50. The van der Waals surface area contributed by atoms with Crippen LogP contribution in [0.5, 0.6) is 11.5 Å². The molecule has 0 radical (unpaired) electrons. The van der Waals surface area contributed by atoms with Crippen LogP contribution >= 0.6 is 12.2 Å². The SMILES string of the molecule is COc1ccc(CNC(=S)[C@H](Cc2c[nH]c3ccccc23)NC(=O)C(=O)OC(C)(C)C)c(OC)c1. The molecule has 0 aliphatic rings. The first-order chi connectivity index (χ1) is 16.6. The van der Waals surface area contributed by atoms with Crippen LogP contribution in [0, 0.1) is 0 Å². The molecule has 1 heterocycles. The second kappa shape index (κ2) is 11.2. The molecular weight excluding hydrogens is 466 g/mol. The van der Waals surface area contributed by atoms with E-state index in [2.05, 4.69) is 15.6 Å². The number of aromatic nitrogens is 1. The highest BCUT2D eigenvalue weighted by molar-refractivity contribution is 7.80. The molecule has 35 heavy (non-hydrogen) atoms. The summed E-state index contributed by atoms with van der Waals surface area (Å²) < 4.78 is 15.9. The topological polar surface area (TPSA) is 102 Å². The average Bonchev–Trinajstić information content (AvgIpc) is 3.23. The average molecular weight is 498 g/mol. The third-order valence-electron chi connectivity index (χ3n) is 5.25. The summed E-state index contributed by atoms with van der Waals surface area (Å²) >= 11 is 5.66. The summed E-state index contributed by atoms with van der Waals surface area (Å²) in [7, 11) is 3.17. The number of methoxy groups -OCH3 is 2. The molecule has 0 saturated carbocycles. The Labute approximate surface area is 210 Å². The van der Waals surface area contributed by atoms with Crippen LogP contribution in [-0.4, -0.2) is 47.7 Å². The number of carbonyl (C=O) groups is 2. The van der Waals surface area contributed by atoms with Crippen LogP contribution < -0.4 is 20.1 Å². The molecule has 0 fully saturated rings. The van der Waals surface area contributed by atoms with Gasteiger partial charge in [0.2, 0.25) is 0 Å². The first-order valence-corrected chi connectivity index (χ1v) is 11.6. The van der Waals surface area contributed by atoms with Gasteiger partial charge in [0.25, 0.3) is 0 Å². The summed E-state index contributed by atoms with van der Waals surface area (Å²) in [5, 5.41) is 6.96. The second-order valence-electron chi connectivity index (χ2n) is 8.99. The van der Waals surface area contributed by atoms with Crippen molar-refractivity contribution in [2.24, 2.45) is 0 Å². The minimum Gasteiger partial charge on any atom is -0.497 e. The molecule has 1 amide bonds. The molecule has 3 rings (SSSR count). The van der Waals surface area contributed by atoms with Crippen molar-refractivity contribution in [3.8, 4) is 11.5 Å². The van der Waals surface area contributed by atoms with Crippen LogP contribution in [0.2, 0.25) is 0 Å². The summed E-state index contributed by atoms with van der Waals surface area (Å²) in [4.78, 5) is 28.6. The monoisotopic (exact) mass is 497 g/mol. The third-order valence-corrected chi connectivity index (χ3v) is 5.68. The second-order valence-corrected chi connectivity index (χ2v) is 9.43. The molecule has 0 saturated heterocycles.